The molecule has 7 heteroatoms. The van der Waals surface area contributed by atoms with Gasteiger partial charge in [0.05, 0.1) is 7.11 Å². The van der Waals surface area contributed by atoms with Gasteiger partial charge in [0, 0.05) is 37.4 Å². The molecular formula is C19H19FN4O2. The van der Waals surface area contributed by atoms with Crippen LogP contribution in [0, 0.1) is 5.82 Å². The Kier molecular flexibility index (Phi) is 4.43. The van der Waals surface area contributed by atoms with E-state index in [1.54, 1.807) is 19.2 Å². The van der Waals surface area contributed by atoms with Crippen LogP contribution in [0.2, 0.25) is 0 Å². The second kappa shape index (κ2) is 7.03. The molecule has 0 radical (unpaired) electrons. The van der Waals surface area contributed by atoms with Gasteiger partial charge in [0.25, 0.3) is 0 Å². The normalized spacial score (nSPS) is 14.5. The SMILES string of the molecule is COc1ccc(-c2noc(N3CCN(c4ccc(F)cc4)CC3)n2)cc1. The zero-order valence-corrected chi connectivity index (χ0v) is 14.4. The molecular weight excluding hydrogens is 335 g/mol. The van der Waals surface area contributed by atoms with Crippen molar-refractivity contribution >= 4 is 11.7 Å². The minimum absolute atomic E-state index is 0.218. The van der Waals surface area contributed by atoms with Crippen LogP contribution in [-0.4, -0.2) is 43.4 Å². The fraction of sp³-hybridized carbons (Fsp3) is 0.263. The van der Waals surface area contributed by atoms with Gasteiger partial charge in [-0.3, -0.25) is 0 Å². The predicted octanol–water partition coefficient (Wildman–Crippen LogP) is 3.21. The molecule has 0 atom stereocenters. The molecule has 0 amide bonds. The van der Waals surface area contributed by atoms with Crippen LogP contribution in [0.25, 0.3) is 11.4 Å². The van der Waals surface area contributed by atoms with Gasteiger partial charge < -0.3 is 19.1 Å². The molecule has 0 N–H and O–H groups in total. The third kappa shape index (κ3) is 3.33. The van der Waals surface area contributed by atoms with Gasteiger partial charge in [0.2, 0.25) is 5.82 Å². The van der Waals surface area contributed by atoms with Crippen molar-refractivity contribution in [1.82, 2.24) is 10.1 Å². The van der Waals surface area contributed by atoms with Gasteiger partial charge in [0.15, 0.2) is 0 Å². The Morgan fingerprint density at radius 1 is 0.923 bits per heavy atom. The van der Waals surface area contributed by atoms with Gasteiger partial charge in [-0.1, -0.05) is 5.16 Å². The second-order valence-electron chi connectivity index (χ2n) is 6.08. The lowest BCUT2D eigenvalue weighted by atomic mass is 10.2. The maximum absolute atomic E-state index is 13.1. The van der Waals surface area contributed by atoms with Crippen LogP contribution in [0.1, 0.15) is 0 Å². The van der Waals surface area contributed by atoms with Crippen LogP contribution in [0.15, 0.2) is 53.1 Å². The Morgan fingerprint density at radius 3 is 2.23 bits per heavy atom. The van der Waals surface area contributed by atoms with E-state index in [0.717, 1.165) is 43.2 Å². The summed E-state index contributed by atoms with van der Waals surface area (Å²) < 4.78 is 23.7. The number of hydrogen-bond donors (Lipinski definition) is 0. The van der Waals surface area contributed by atoms with Crippen molar-refractivity contribution in [2.45, 2.75) is 0 Å². The molecule has 1 aromatic heterocycles. The van der Waals surface area contributed by atoms with Crippen molar-refractivity contribution in [3.05, 3.63) is 54.3 Å². The van der Waals surface area contributed by atoms with E-state index < -0.39 is 0 Å². The highest BCUT2D eigenvalue weighted by Crippen LogP contribution is 2.24. The Balaban J connectivity index is 1.41. The van der Waals surface area contributed by atoms with Crippen molar-refractivity contribution in [1.29, 1.82) is 0 Å². The average molecular weight is 354 g/mol. The first-order chi connectivity index (χ1) is 12.7. The first kappa shape index (κ1) is 16.4. The van der Waals surface area contributed by atoms with Gasteiger partial charge in [0.1, 0.15) is 11.6 Å². The van der Waals surface area contributed by atoms with E-state index in [9.17, 15) is 4.39 Å². The molecule has 2 heterocycles. The summed E-state index contributed by atoms with van der Waals surface area (Å²) in [6.45, 7) is 3.15. The summed E-state index contributed by atoms with van der Waals surface area (Å²) in [6, 6.07) is 14.6. The monoisotopic (exact) mass is 354 g/mol. The van der Waals surface area contributed by atoms with Crippen LogP contribution in [-0.2, 0) is 0 Å². The van der Waals surface area contributed by atoms with Crippen LogP contribution in [0.3, 0.4) is 0 Å². The molecule has 3 aromatic rings. The number of nitrogens with zero attached hydrogens (tertiary/aromatic N) is 4. The number of hydrogen-bond acceptors (Lipinski definition) is 6. The fourth-order valence-corrected chi connectivity index (χ4v) is 3.01. The van der Waals surface area contributed by atoms with E-state index in [1.807, 2.05) is 24.3 Å². The number of halogens is 1. The second-order valence-corrected chi connectivity index (χ2v) is 6.08. The van der Waals surface area contributed by atoms with Crippen molar-refractivity contribution < 1.29 is 13.7 Å². The van der Waals surface area contributed by atoms with E-state index in [4.69, 9.17) is 9.26 Å². The number of ether oxygens (including phenoxy) is 1. The van der Waals surface area contributed by atoms with E-state index in [1.165, 1.54) is 12.1 Å². The number of methoxy groups -OCH3 is 1. The summed E-state index contributed by atoms with van der Waals surface area (Å²) in [5.41, 5.74) is 1.90. The molecule has 0 bridgehead atoms. The summed E-state index contributed by atoms with van der Waals surface area (Å²) in [5.74, 6) is 1.13. The molecule has 0 aliphatic carbocycles. The Labute approximate surface area is 150 Å². The van der Waals surface area contributed by atoms with Gasteiger partial charge >= 0.3 is 6.01 Å². The zero-order valence-electron chi connectivity index (χ0n) is 14.4. The quantitative estimate of drug-likeness (QED) is 0.717. The lowest BCUT2D eigenvalue weighted by molar-refractivity contribution is 0.409. The van der Waals surface area contributed by atoms with E-state index >= 15 is 0 Å². The Hall–Kier alpha value is -3.09. The van der Waals surface area contributed by atoms with Gasteiger partial charge in [-0.05, 0) is 48.5 Å². The minimum Gasteiger partial charge on any atom is -0.497 e. The first-order valence-corrected chi connectivity index (χ1v) is 8.46. The predicted molar refractivity (Wildman–Crippen MR) is 97.1 cm³/mol. The van der Waals surface area contributed by atoms with Crippen molar-refractivity contribution in [3.8, 4) is 17.1 Å². The number of piperazine rings is 1. The van der Waals surface area contributed by atoms with Gasteiger partial charge in [-0.2, -0.15) is 4.98 Å². The lowest BCUT2D eigenvalue weighted by Gasteiger charge is -2.35. The fourth-order valence-electron chi connectivity index (χ4n) is 3.01. The highest BCUT2D eigenvalue weighted by molar-refractivity contribution is 5.57. The number of aromatic nitrogens is 2. The van der Waals surface area contributed by atoms with E-state index in [-0.39, 0.29) is 5.82 Å². The molecule has 0 spiro atoms. The maximum Gasteiger partial charge on any atom is 0.324 e. The summed E-state index contributed by atoms with van der Waals surface area (Å²) in [6.07, 6.45) is 0. The molecule has 1 aliphatic rings. The molecule has 26 heavy (non-hydrogen) atoms. The van der Waals surface area contributed by atoms with Crippen molar-refractivity contribution in [2.24, 2.45) is 0 Å². The molecule has 6 nitrogen and oxygen atoms in total. The summed E-state index contributed by atoms with van der Waals surface area (Å²) in [5, 5.41) is 4.08. The third-order valence-electron chi connectivity index (χ3n) is 4.51. The molecule has 1 saturated heterocycles. The van der Waals surface area contributed by atoms with Crippen LogP contribution < -0.4 is 14.5 Å². The highest BCUT2D eigenvalue weighted by Gasteiger charge is 2.22. The van der Waals surface area contributed by atoms with E-state index in [0.29, 0.717) is 11.8 Å². The summed E-state index contributed by atoms with van der Waals surface area (Å²) in [4.78, 5) is 8.80. The highest BCUT2D eigenvalue weighted by atomic mass is 19.1. The van der Waals surface area contributed by atoms with Crippen LogP contribution >= 0.6 is 0 Å². The molecule has 0 saturated carbocycles. The lowest BCUT2D eigenvalue weighted by Crippen LogP contribution is -2.46. The van der Waals surface area contributed by atoms with Crippen molar-refractivity contribution in [3.63, 3.8) is 0 Å². The molecule has 134 valence electrons. The summed E-state index contributed by atoms with van der Waals surface area (Å²) in [7, 11) is 1.63. The minimum atomic E-state index is -0.218. The van der Waals surface area contributed by atoms with Crippen LogP contribution in [0.5, 0.6) is 5.75 Å². The zero-order chi connectivity index (χ0) is 17.9. The smallest absolute Gasteiger partial charge is 0.324 e. The van der Waals surface area contributed by atoms with Crippen molar-refractivity contribution in [2.75, 3.05) is 43.1 Å². The number of rotatable bonds is 4. The molecule has 0 unspecified atom stereocenters. The average Bonchev–Trinajstić information content (AvgIpc) is 3.19. The topological polar surface area (TPSA) is 54.6 Å². The largest absolute Gasteiger partial charge is 0.497 e. The Morgan fingerprint density at radius 2 is 1.58 bits per heavy atom. The molecule has 1 aliphatic heterocycles. The standard InChI is InChI=1S/C19H19FN4O2/c1-25-17-8-2-14(3-9-17)18-21-19(26-22-18)24-12-10-23(11-13-24)16-6-4-15(20)5-7-16/h2-9H,10-13H2,1H3. The number of anilines is 2. The van der Waals surface area contributed by atoms with Crippen LogP contribution in [0.4, 0.5) is 16.1 Å². The number of benzene rings is 2. The van der Waals surface area contributed by atoms with Gasteiger partial charge in [-0.15, -0.1) is 0 Å². The maximum atomic E-state index is 13.1. The Bertz CT molecular complexity index is 856. The molecule has 1 fully saturated rings. The van der Waals surface area contributed by atoms with Gasteiger partial charge in [-0.25, -0.2) is 4.39 Å². The summed E-state index contributed by atoms with van der Waals surface area (Å²) >= 11 is 0. The van der Waals surface area contributed by atoms with E-state index in [2.05, 4.69) is 19.9 Å². The molecule has 4 rings (SSSR count). The molecule has 2 aromatic carbocycles. The third-order valence-corrected chi connectivity index (χ3v) is 4.51. The first-order valence-electron chi connectivity index (χ1n) is 8.46.